The predicted molar refractivity (Wildman–Crippen MR) is 99.1 cm³/mol. The lowest BCUT2D eigenvalue weighted by Crippen LogP contribution is -2.44. The van der Waals surface area contributed by atoms with Crippen LogP contribution in [0.1, 0.15) is 26.3 Å². The fourth-order valence-electron chi connectivity index (χ4n) is 1.93. The number of H-pyrrole nitrogens is 1. The molecular weight excluding hydrogens is 360 g/mol. The number of nitrogens with zero attached hydrogens (tertiary/aromatic N) is 2. The molecule has 134 valence electrons. The Kier molecular flexibility index (Phi) is 6.27. The van der Waals surface area contributed by atoms with E-state index in [1.807, 2.05) is 51.1 Å². The van der Waals surface area contributed by atoms with Crippen LogP contribution in [0.4, 0.5) is 14.7 Å². The molecule has 7 nitrogen and oxygen atoms in total. The second-order valence-electron chi connectivity index (χ2n) is 6.54. The topological polar surface area (TPSA) is 87.3 Å². The summed E-state index contributed by atoms with van der Waals surface area (Å²) in [4.78, 5) is 25.9. The number of amides is 3. The number of ether oxygens (including phenoxy) is 1. The van der Waals surface area contributed by atoms with E-state index >= 15 is 0 Å². The molecule has 2 rings (SSSR count). The van der Waals surface area contributed by atoms with Gasteiger partial charge in [0.15, 0.2) is 3.95 Å². The molecule has 0 aliphatic heterocycles. The largest absolute Gasteiger partial charge is 0.444 e. The third-order valence-electron chi connectivity index (χ3n) is 2.96. The second kappa shape index (κ2) is 8.21. The van der Waals surface area contributed by atoms with E-state index in [0.29, 0.717) is 9.09 Å². The van der Waals surface area contributed by atoms with E-state index in [9.17, 15) is 9.59 Å². The van der Waals surface area contributed by atoms with Gasteiger partial charge in [0.05, 0.1) is 0 Å². The molecular formula is C16H20N4O3S2. The van der Waals surface area contributed by atoms with Crippen molar-refractivity contribution in [1.29, 1.82) is 0 Å². The van der Waals surface area contributed by atoms with E-state index in [2.05, 4.69) is 15.5 Å². The summed E-state index contributed by atoms with van der Waals surface area (Å²) in [5.41, 5.74) is 0.554. The summed E-state index contributed by atoms with van der Waals surface area (Å²) in [6.07, 6.45) is -0.713. The van der Waals surface area contributed by atoms with Gasteiger partial charge in [-0.05, 0) is 23.2 Å². The quantitative estimate of drug-likeness (QED) is 0.767. The van der Waals surface area contributed by atoms with Crippen molar-refractivity contribution in [2.24, 2.45) is 5.41 Å². The lowest BCUT2D eigenvalue weighted by molar-refractivity contribution is 0.0964. The first-order chi connectivity index (χ1) is 11.7. The summed E-state index contributed by atoms with van der Waals surface area (Å²) in [6.45, 7) is 6.07. The number of aromatic nitrogens is 2. The predicted octanol–water partition coefficient (Wildman–Crippen LogP) is 4.42. The highest BCUT2D eigenvalue weighted by atomic mass is 32.1. The van der Waals surface area contributed by atoms with Crippen LogP contribution in [0, 0.1) is 9.37 Å². The molecule has 0 spiro atoms. The van der Waals surface area contributed by atoms with Crippen LogP contribution in [0.25, 0.3) is 0 Å². The van der Waals surface area contributed by atoms with Gasteiger partial charge in [-0.1, -0.05) is 62.4 Å². The highest BCUT2D eigenvalue weighted by Crippen LogP contribution is 2.18. The molecule has 1 aromatic carbocycles. The fraction of sp³-hybridized carbons (Fsp3) is 0.375. The van der Waals surface area contributed by atoms with Gasteiger partial charge >= 0.3 is 12.1 Å². The number of benzene rings is 1. The van der Waals surface area contributed by atoms with Gasteiger partial charge in [-0.2, -0.15) is 0 Å². The van der Waals surface area contributed by atoms with Gasteiger partial charge in [-0.15, -0.1) is 5.10 Å². The van der Waals surface area contributed by atoms with Crippen LogP contribution >= 0.6 is 23.6 Å². The molecule has 0 saturated carbocycles. The highest BCUT2D eigenvalue weighted by molar-refractivity contribution is 7.73. The number of nitrogens with one attached hydrogen (secondary N) is 2. The first-order valence-corrected chi connectivity index (χ1v) is 8.82. The van der Waals surface area contributed by atoms with Crippen molar-refractivity contribution in [2.75, 3.05) is 11.9 Å². The summed E-state index contributed by atoms with van der Waals surface area (Å²) in [7, 11) is 0. The molecule has 1 heterocycles. The van der Waals surface area contributed by atoms with Crippen molar-refractivity contribution >= 4 is 40.8 Å². The van der Waals surface area contributed by atoms with E-state index < -0.39 is 12.1 Å². The smallest absolute Gasteiger partial charge is 0.418 e. The molecule has 2 N–H and O–H groups in total. The Bertz CT molecular complexity index is 780. The van der Waals surface area contributed by atoms with Gasteiger partial charge in [-0.25, -0.2) is 14.5 Å². The minimum atomic E-state index is -0.713. The number of urea groups is 1. The van der Waals surface area contributed by atoms with E-state index in [0.717, 1.165) is 21.8 Å². The lowest BCUT2D eigenvalue weighted by atomic mass is 9.96. The van der Waals surface area contributed by atoms with E-state index in [1.165, 1.54) is 0 Å². The molecule has 0 radical (unpaired) electrons. The lowest BCUT2D eigenvalue weighted by Gasteiger charge is -2.27. The Hall–Kier alpha value is -2.26. The van der Waals surface area contributed by atoms with Crippen molar-refractivity contribution in [3.8, 4) is 0 Å². The molecule has 0 saturated heterocycles. The van der Waals surface area contributed by atoms with Crippen molar-refractivity contribution in [2.45, 2.75) is 27.4 Å². The average Bonchev–Trinajstić information content (AvgIpc) is 2.95. The van der Waals surface area contributed by atoms with E-state index in [4.69, 9.17) is 17.0 Å². The Labute approximate surface area is 155 Å². The average molecular weight is 380 g/mol. The maximum absolute atomic E-state index is 12.5. The Balaban J connectivity index is 2.06. The Morgan fingerprint density at radius 2 is 2.00 bits per heavy atom. The first-order valence-electron chi connectivity index (χ1n) is 7.59. The molecule has 9 heteroatoms. The molecule has 0 unspecified atom stereocenters. The molecule has 0 aliphatic rings. The minimum Gasteiger partial charge on any atom is -0.444 e. The van der Waals surface area contributed by atoms with Crippen LogP contribution in [0.2, 0.25) is 0 Å². The van der Waals surface area contributed by atoms with Crippen LogP contribution < -0.4 is 5.32 Å². The van der Waals surface area contributed by atoms with E-state index in [-0.39, 0.29) is 18.6 Å². The summed E-state index contributed by atoms with van der Waals surface area (Å²) < 4.78 is 5.72. The third kappa shape index (κ3) is 6.28. The summed E-state index contributed by atoms with van der Waals surface area (Å²) in [6, 6.07) is 8.67. The van der Waals surface area contributed by atoms with Gasteiger partial charge in [-0.3, -0.25) is 10.4 Å². The number of hydrogen-bond acceptors (Lipinski definition) is 6. The summed E-state index contributed by atoms with van der Waals surface area (Å²) in [5, 5.41) is 9.29. The minimum absolute atomic E-state index is 0.0922. The fourth-order valence-corrected chi connectivity index (χ4v) is 2.71. The number of carbonyl (C=O) groups excluding carboxylic acids is 2. The monoisotopic (exact) mass is 380 g/mol. The van der Waals surface area contributed by atoms with Gasteiger partial charge in [0.1, 0.15) is 6.61 Å². The van der Waals surface area contributed by atoms with Crippen LogP contribution in [0.3, 0.4) is 0 Å². The molecule has 1 aromatic heterocycles. The summed E-state index contributed by atoms with van der Waals surface area (Å²) >= 11 is 6.04. The second-order valence-corrected chi connectivity index (χ2v) is 8.20. The number of carbonyl (C=O) groups is 2. The Morgan fingerprint density at radius 3 is 2.56 bits per heavy atom. The number of hydrogen-bond donors (Lipinski definition) is 2. The number of imide groups is 1. The normalized spacial score (nSPS) is 11.0. The molecule has 25 heavy (non-hydrogen) atoms. The molecule has 0 fully saturated rings. The maximum atomic E-state index is 12.5. The molecule has 0 aliphatic carbocycles. The standard InChI is InChI=1S/C16H20N4O3S2/c1-16(2,3)10-20(13(21)17-12-18-19-14(24)25-12)15(22)23-9-11-7-5-4-6-8-11/h4-8H,9-10H2,1-3H3,(H,19,24)(H,17,18,21). The van der Waals surface area contributed by atoms with Crippen molar-refractivity contribution in [3.63, 3.8) is 0 Å². The van der Waals surface area contributed by atoms with Crippen LogP contribution in [0.15, 0.2) is 30.3 Å². The number of anilines is 1. The van der Waals surface area contributed by atoms with Crippen LogP contribution in [-0.2, 0) is 11.3 Å². The van der Waals surface area contributed by atoms with Crippen molar-refractivity contribution in [1.82, 2.24) is 15.1 Å². The highest BCUT2D eigenvalue weighted by Gasteiger charge is 2.28. The zero-order valence-electron chi connectivity index (χ0n) is 14.2. The third-order valence-corrected chi connectivity index (χ3v) is 3.96. The van der Waals surface area contributed by atoms with E-state index in [1.54, 1.807) is 0 Å². The van der Waals surface area contributed by atoms with Crippen molar-refractivity contribution < 1.29 is 14.3 Å². The molecule has 0 bridgehead atoms. The van der Waals surface area contributed by atoms with Gasteiger partial charge in [0, 0.05) is 6.54 Å². The molecule has 2 aromatic rings. The van der Waals surface area contributed by atoms with Crippen LogP contribution in [-0.4, -0.2) is 33.8 Å². The number of aromatic amines is 1. The molecule has 3 amide bonds. The van der Waals surface area contributed by atoms with Gasteiger partial charge in [0.25, 0.3) is 0 Å². The zero-order chi connectivity index (χ0) is 18.4. The van der Waals surface area contributed by atoms with Crippen molar-refractivity contribution in [3.05, 3.63) is 39.8 Å². The SMILES string of the molecule is CC(C)(C)CN(C(=O)Nc1n[nH]c(=S)s1)C(=O)OCc1ccccc1. The first kappa shape index (κ1) is 19.1. The molecule has 0 atom stereocenters. The number of rotatable bonds is 4. The van der Waals surface area contributed by atoms with Gasteiger partial charge in [0.2, 0.25) is 5.13 Å². The Morgan fingerprint density at radius 1 is 1.32 bits per heavy atom. The van der Waals surface area contributed by atoms with Crippen LogP contribution in [0.5, 0.6) is 0 Å². The maximum Gasteiger partial charge on any atom is 0.418 e. The summed E-state index contributed by atoms with van der Waals surface area (Å²) in [5.74, 6) is 0. The zero-order valence-corrected chi connectivity index (χ0v) is 15.9. The van der Waals surface area contributed by atoms with Gasteiger partial charge < -0.3 is 4.74 Å².